The maximum Gasteiger partial charge on any atom is 0.315 e. The third-order valence-electron chi connectivity index (χ3n) is 2.63. The Hall–Kier alpha value is -0.910. The van der Waals surface area contributed by atoms with E-state index >= 15 is 0 Å². The molecule has 17 heavy (non-hydrogen) atoms. The highest BCUT2D eigenvalue weighted by Crippen LogP contribution is 2.03. The molecule has 0 aromatic rings. The van der Waals surface area contributed by atoms with Crippen LogP contribution in [0.5, 0.6) is 0 Å². The SMILES string of the molecule is CSCCC(C)NC(=O)NC(C)C(C)C(=O)O. The van der Waals surface area contributed by atoms with Crippen LogP contribution in [0, 0.1) is 5.92 Å². The number of aliphatic carboxylic acids is 1. The number of amides is 2. The van der Waals surface area contributed by atoms with Gasteiger partial charge in [-0.2, -0.15) is 11.8 Å². The highest BCUT2D eigenvalue weighted by Gasteiger charge is 2.21. The van der Waals surface area contributed by atoms with E-state index in [1.54, 1.807) is 25.6 Å². The molecule has 0 radical (unpaired) electrons. The van der Waals surface area contributed by atoms with Crippen molar-refractivity contribution in [3.05, 3.63) is 0 Å². The Morgan fingerprint density at radius 3 is 2.29 bits per heavy atom. The molecule has 5 nitrogen and oxygen atoms in total. The normalized spacial score (nSPS) is 15.8. The summed E-state index contributed by atoms with van der Waals surface area (Å²) in [7, 11) is 0. The predicted molar refractivity (Wildman–Crippen MR) is 70.4 cm³/mol. The van der Waals surface area contributed by atoms with Crippen LogP contribution in [0.2, 0.25) is 0 Å². The average Bonchev–Trinajstić information content (AvgIpc) is 2.24. The lowest BCUT2D eigenvalue weighted by Gasteiger charge is -2.20. The molecule has 0 aliphatic heterocycles. The lowest BCUT2D eigenvalue weighted by molar-refractivity contribution is -0.141. The second-order valence-corrected chi connectivity index (χ2v) is 5.20. The molecule has 0 heterocycles. The number of carbonyl (C=O) groups is 2. The minimum Gasteiger partial charge on any atom is -0.481 e. The molecule has 0 aromatic carbocycles. The molecule has 0 spiro atoms. The zero-order chi connectivity index (χ0) is 13.4. The molecule has 0 aliphatic rings. The monoisotopic (exact) mass is 262 g/mol. The van der Waals surface area contributed by atoms with Crippen molar-refractivity contribution in [3.63, 3.8) is 0 Å². The summed E-state index contributed by atoms with van der Waals surface area (Å²) in [5, 5.41) is 14.2. The molecular weight excluding hydrogens is 240 g/mol. The van der Waals surface area contributed by atoms with Crippen LogP contribution >= 0.6 is 11.8 Å². The first-order valence-electron chi connectivity index (χ1n) is 5.67. The Balaban J connectivity index is 3.96. The first kappa shape index (κ1) is 16.1. The van der Waals surface area contributed by atoms with Gasteiger partial charge in [0, 0.05) is 12.1 Å². The van der Waals surface area contributed by atoms with Gasteiger partial charge in [0.15, 0.2) is 0 Å². The van der Waals surface area contributed by atoms with Gasteiger partial charge in [0.05, 0.1) is 5.92 Å². The van der Waals surface area contributed by atoms with Gasteiger partial charge in [-0.1, -0.05) is 0 Å². The minimum absolute atomic E-state index is 0.0924. The van der Waals surface area contributed by atoms with Crippen molar-refractivity contribution in [1.82, 2.24) is 10.6 Å². The van der Waals surface area contributed by atoms with Crippen LogP contribution in [-0.2, 0) is 4.79 Å². The Kier molecular flexibility index (Phi) is 7.78. The average molecular weight is 262 g/mol. The highest BCUT2D eigenvalue weighted by molar-refractivity contribution is 7.98. The van der Waals surface area contributed by atoms with E-state index < -0.39 is 11.9 Å². The minimum atomic E-state index is -0.909. The number of hydrogen-bond acceptors (Lipinski definition) is 3. The van der Waals surface area contributed by atoms with Crippen LogP contribution in [-0.4, -0.2) is 41.2 Å². The maximum absolute atomic E-state index is 11.5. The Morgan fingerprint density at radius 1 is 1.24 bits per heavy atom. The number of rotatable bonds is 7. The molecule has 3 N–H and O–H groups in total. The van der Waals surface area contributed by atoms with E-state index in [4.69, 9.17) is 5.11 Å². The second-order valence-electron chi connectivity index (χ2n) is 4.22. The first-order valence-corrected chi connectivity index (χ1v) is 7.06. The van der Waals surface area contributed by atoms with E-state index in [1.807, 2.05) is 13.2 Å². The Morgan fingerprint density at radius 2 is 1.82 bits per heavy atom. The van der Waals surface area contributed by atoms with Gasteiger partial charge in [-0.15, -0.1) is 0 Å². The van der Waals surface area contributed by atoms with Gasteiger partial charge in [0.1, 0.15) is 0 Å². The van der Waals surface area contributed by atoms with Crippen molar-refractivity contribution < 1.29 is 14.7 Å². The van der Waals surface area contributed by atoms with Crippen LogP contribution < -0.4 is 10.6 Å². The van der Waals surface area contributed by atoms with Crippen molar-refractivity contribution in [2.75, 3.05) is 12.0 Å². The molecule has 2 amide bonds. The summed E-state index contributed by atoms with van der Waals surface area (Å²) in [5.74, 6) is -0.516. The molecule has 3 unspecified atom stereocenters. The molecule has 0 saturated heterocycles. The first-order chi connectivity index (χ1) is 7.88. The summed E-state index contributed by atoms with van der Waals surface area (Å²) >= 11 is 1.73. The number of carboxylic acids is 1. The summed E-state index contributed by atoms with van der Waals surface area (Å²) < 4.78 is 0. The number of carboxylic acid groups (broad SMARTS) is 1. The second kappa shape index (κ2) is 8.22. The van der Waals surface area contributed by atoms with E-state index in [0.717, 1.165) is 12.2 Å². The topological polar surface area (TPSA) is 78.4 Å². The van der Waals surface area contributed by atoms with E-state index in [1.165, 1.54) is 0 Å². The molecule has 0 fully saturated rings. The fourth-order valence-corrected chi connectivity index (χ4v) is 1.77. The predicted octanol–water partition coefficient (Wildman–Crippen LogP) is 1.54. The fraction of sp³-hybridized carbons (Fsp3) is 0.818. The van der Waals surface area contributed by atoms with Gasteiger partial charge in [0.25, 0.3) is 0 Å². The number of carbonyl (C=O) groups excluding carboxylic acids is 1. The standard InChI is InChI=1S/C11H22N2O3S/c1-7(5-6-17-4)12-11(16)13-9(3)8(2)10(14)15/h7-9H,5-6H2,1-4H3,(H,14,15)(H2,12,13,16). The zero-order valence-electron chi connectivity index (χ0n) is 10.8. The third-order valence-corrected chi connectivity index (χ3v) is 3.27. The van der Waals surface area contributed by atoms with E-state index in [-0.39, 0.29) is 18.1 Å². The molecule has 100 valence electrons. The highest BCUT2D eigenvalue weighted by atomic mass is 32.2. The third kappa shape index (κ3) is 7.10. The van der Waals surface area contributed by atoms with Crippen molar-refractivity contribution in [1.29, 1.82) is 0 Å². The van der Waals surface area contributed by atoms with Crippen LogP contribution in [0.15, 0.2) is 0 Å². The van der Waals surface area contributed by atoms with E-state index in [2.05, 4.69) is 10.6 Å². The molecule has 0 saturated carbocycles. The van der Waals surface area contributed by atoms with Crippen molar-refractivity contribution >= 4 is 23.8 Å². The maximum atomic E-state index is 11.5. The molecule has 3 atom stereocenters. The van der Waals surface area contributed by atoms with Gasteiger partial charge in [-0.25, -0.2) is 4.79 Å². The van der Waals surface area contributed by atoms with Crippen molar-refractivity contribution in [3.8, 4) is 0 Å². The lowest BCUT2D eigenvalue weighted by Crippen LogP contribution is -2.47. The quantitative estimate of drug-likeness (QED) is 0.650. The van der Waals surface area contributed by atoms with Gasteiger partial charge in [-0.05, 0) is 39.2 Å². The largest absolute Gasteiger partial charge is 0.481 e. The van der Waals surface area contributed by atoms with Gasteiger partial charge in [0.2, 0.25) is 0 Å². The van der Waals surface area contributed by atoms with Crippen LogP contribution in [0.25, 0.3) is 0 Å². The Bertz CT molecular complexity index is 261. The molecule has 0 aliphatic carbocycles. The summed E-state index contributed by atoms with van der Waals surface area (Å²) in [6.07, 6.45) is 2.92. The van der Waals surface area contributed by atoms with E-state index in [9.17, 15) is 9.59 Å². The fourth-order valence-electron chi connectivity index (χ4n) is 1.18. The zero-order valence-corrected chi connectivity index (χ0v) is 11.6. The summed E-state index contributed by atoms with van der Waals surface area (Å²) in [4.78, 5) is 22.2. The van der Waals surface area contributed by atoms with Crippen LogP contribution in [0.3, 0.4) is 0 Å². The molecular formula is C11H22N2O3S. The Labute approximate surface area is 107 Å². The van der Waals surface area contributed by atoms with Gasteiger partial charge in [-0.3, -0.25) is 4.79 Å². The van der Waals surface area contributed by atoms with Crippen LogP contribution in [0.1, 0.15) is 27.2 Å². The molecule has 0 aromatic heterocycles. The number of thioether (sulfide) groups is 1. The summed E-state index contributed by atoms with van der Waals surface area (Å²) in [6, 6.07) is -0.603. The van der Waals surface area contributed by atoms with E-state index in [0.29, 0.717) is 0 Å². The number of hydrogen-bond donors (Lipinski definition) is 3. The molecule has 6 heteroatoms. The number of nitrogens with one attached hydrogen (secondary N) is 2. The molecule has 0 rings (SSSR count). The smallest absolute Gasteiger partial charge is 0.315 e. The number of urea groups is 1. The summed E-state index contributed by atoms with van der Waals surface area (Å²) in [5.41, 5.74) is 0. The molecule has 0 bridgehead atoms. The van der Waals surface area contributed by atoms with Crippen molar-refractivity contribution in [2.24, 2.45) is 5.92 Å². The van der Waals surface area contributed by atoms with Gasteiger partial charge < -0.3 is 15.7 Å². The summed E-state index contributed by atoms with van der Waals surface area (Å²) in [6.45, 7) is 5.19. The van der Waals surface area contributed by atoms with Crippen molar-refractivity contribution in [2.45, 2.75) is 39.3 Å². The van der Waals surface area contributed by atoms with Gasteiger partial charge >= 0.3 is 12.0 Å². The van der Waals surface area contributed by atoms with Crippen LogP contribution in [0.4, 0.5) is 4.79 Å². The lowest BCUT2D eigenvalue weighted by atomic mass is 10.0.